The van der Waals surface area contributed by atoms with Crippen molar-refractivity contribution in [3.05, 3.63) is 83.1 Å². The molecule has 5 rings (SSSR count). The summed E-state index contributed by atoms with van der Waals surface area (Å²) >= 11 is 7.33. The van der Waals surface area contributed by atoms with E-state index in [4.69, 9.17) is 11.6 Å². The summed E-state index contributed by atoms with van der Waals surface area (Å²) in [5.74, 6) is -0.539. The van der Waals surface area contributed by atoms with E-state index in [1.54, 1.807) is 24.3 Å². The van der Waals surface area contributed by atoms with Crippen molar-refractivity contribution in [2.24, 2.45) is 0 Å². The zero-order valence-electron chi connectivity index (χ0n) is 20.6. The summed E-state index contributed by atoms with van der Waals surface area (Å²) in [6, 6.07) is 16.8. The molecule has 0 atom stereocenters. The van der Waals surface area contributed by atoms with E-state index in [2.05, 4.69) is 24.8 Å². The molecule has 0 saturated carbocycles. The molecule has 1 fully saturated rings. The van der Waals surface area contributed by atoms with Gasteiger partial charge in [0, 0.05) is 55.5 Å². The Morgan fingerprint density at radius 3 is 2.51 bits per heavy atom. The highest BCUT2D eigenvalue weighted by Crippen LogP contribution is 2.30. The number of aromatic nitrogens is 1. The Labute approximate surface area is 241 Å². The number of anilines is 2. The SMILES string of the molecule is Cl.O=C(NCCN1CCN(c2nc3ccc(F)cc3s2)CC1)c1cccc(NS(=O)(=O)c2ccc(Cl)cc2)c1. The van der Waals surface area contributed by atoms with E-state index in [-0.39, 0.29) is 29.0 Å². The van der Waals surface area contributed by atoms with Gasteiger partial charge in [-0.25, -0.2) is 17.8 Å². The normalized spacial score (nSPS) is 14.2. The molecule has 1 aromatic heterocycles. The van der Waals surface area contributed by atoms with E-state index >= 15 is 0 Å². The van der Waals surface area contributed by atoms with Gasteiger partial charge in [-0.3, -0.25) is 14.4 Å². The van der Waals surface area contributed by atoms with Gasteiger partial charge in [0.25, 0.3) is 15.9 Å². The average Bonchev–Trinajstić information content (AvgIpc) is 3.32. The third-order valence-corrected chi connectivity index (χ3v) is 8.92. The molecule has 1 aliphatic rings. The second-order valence-corrected chi connectivity index (χ2v) is 12.0. The van der Waals surface area contributed by atoms with Gasteiger partial charge in [0.05, 0.1) is 15.1 Å². The highest BCUT2D eigenvalue weighted by Gasteiger charge is 2.20. The number of piperazine rings is 1. The number of nitrogens with one attached hydrogen (secondary N) is 2. The molecule has 0 bridgehead atoms. The van der Waals surface area contributed by atoms with E-state index in [1.165, 1.54) is 53.8 Å². The number of nitrogens with zero attached hydrogens (tertiary/aromatic N) is 3. The van der Waals surface area contributed by atoms with Gasteiger partial charge in [0.2, 0.25) is 0 Å². The minimum atomic E-state index is -3.81. The number of hydrogen-bond acceptors (Lipinski definition) is 7. The highest BCUT2D eigenvalue weighted by atomic mass is 35.5. The summed E-state index contributed by atoms with van der Waals surface area (Å²) in [4.78, 5) is 21.9. The predicted octanol–water partition coefficient (Wildman–Crippen LogP) is 4.86. The summed E-state index contributed by atoms with van der Waals surface area (Å²) in [6.45, 7) is 4.38. The smallest absolute Gasteiger partial charge is 0.261 e. The Balaban J connectivity index is 0.00000353. The molecule has 2 N–H and O–H groups in total. The first-order valence-corrected chi connectivity index (χ1v) is 14.6. The Morgan fingerprint density at radius 1 is 1.03 bits per heavy atom. The monoisotopic (exact) mass is 609 g/mol. The van der Waals surface area contributed by atoms with Crippen molar-refractivity contribution in [1.82, 2.24) is 15.2 Å². The summed E-state index contributed by atoms with van der Waals surface area (Å²) in [5, 5.41) is 4.24. The molecule has 1 saturated heterocycles. The number of thiazole rings is 1. The Kier molecular flexibility index (Phi) is 9.29. The number of hydrogen-bond donors (Lipinski definition) is 2. The van der Waals surface area contributed by atoms with E-state index < -0.39 is 10.0 Å². The van der Waals surface area contributed by atoms with E-state index in [9.17, 15) is 17.6 Å². The molecule has 13 heteroatoms. The van der Waals surface area contributed by atoms with Crippen LogP contribution in [0, 0.1) is 5.82 Å². The maximum absolute atomic E-state index is 13.5. The lowest BCUT2D eigenvalue weighted by molar-refractivity contribution is 0.0948. The number of sulfonamides is 1. The van der Waals surface area contributed by atoms with Crippen LogP contribution in [0.1, 0.15) is 10.4 Å². The lowest BCUT2D eigenvalue weighted by Gasteiger charge is -2.34. The fourth-order valence-corrected chi connectivity index (χ4v) is 6.38. The van der Waals surface area contributed by atoms with Gasteiger partial charge in [-0.1, -0.05) is 29.0 Å². The maximum atomic E-state index is 13.5. The Hall–Kier alpha value is -2.96. The van der Waals surface area contributed by atoms with Gasteiger partial charge >= 0.3 is 0 Å². The van der Waals surface area contributed by atoms with Crippen molar-refractivity contribution in [2.45, 2.75) is 4.90 Å². The number of rotatable bonds is 8. The van der Waals surface area contributed by atoms with Crippen molar-refractivity contribution in [2.75, 3.05) is 48.9 Å². The van der Waals surface area contributed by atoms with Gasteiger partial charge < -0.3 is 10.2 Å². The number of carbonyl (C=O) groups excluding carboxylic acids is 1. The van der Waals surface area contributed by atoms with Crippen molar-refractivity contribution < 1.29 is 17.6 Å². The Morgan fingerprint density at radius 2 is 1.77 bits per heavy atom. The van der Waals surface area contributed by atoms with Crippen LogP contribution in [-0.2, 0) is 10.0 Å². The molecule has 3 aromatic carbocycles. The molecule has 1 aliphatic heterocycles. The van der Waals surface area contributed by atoms with Gasteiger partial charge in [-0.2, -0.15) is 0 Å². The summed E-state index contributed by atoms with van der Waals surface area (Å²) < 4.78 is 42.1. The summed E-state index contributed by atoms with van der Waals surface area (Å²) in [5.41, 5.74) is 1.46. The van der Waals surface area contributed by atoms with Crippen LogP contribution in [0.25, 0.3) is 10.2 Å². The molecule has 0 unspecified atom stereocenters. The zero-order chi connectivity index (χ0) is 26.7. The first-order chi connectivity index (χ1) is 18.3. The number of halogens is 3. The summed E-state index contributed by atoms with van der Waals surface area (Å²) in [6.07, 6.45) is 0. The molecular formula is C26H26Cl2FN5O3S2. The maximum Gasteiger partial charge on any atom is 0.261 e. The Bertz CT molecular complexity index is 1560. The van der Waals surface area contributed by atoms with Crippen molar-refractivity contribution in [3.63, 3.8) is 0 Å². The molecule has 206 valence electrons. The molecule has 0 spiro atoms. The second kappa shape index (κ2) is 12.5. The third kappa shape index (κ3) is 7.17. The molecule has 1 amide bonds. The lowest BCUT2D eigenvalue weighted by Crippen LogP contribution is -2.48. The van der Waals surface area contributed by atoms with Crippen molar-refractivity contribution in [3.8, 4) is 0 Å². The molecule has 8 nitrogen and oxygen atoms in total. The fourth-order valence-electron chi connectivity index (χ4n) is 4.17. The molecular weight excluding hydrogens is 584 g/mol. The van der Waals surface area contributed by atoms with E-state index in [1.807, 2.05) is 0 Å². The number of benzene rings is 3. The van der Waals surface area contributed by atoms with Gasteiger partial charge in [-0.05, 0) is 60.7 Å². The van der Waals surface area contributed by atoms with Crippen molar-refractivity contribution in [1.29, 1.82) is 0 Å². The van der Waals surface area contributed by atoms with Crippen LogP contribution in [0.2, 0.25) is 5.02 Å². The van der Waals surface area contributed by atoms with E-state index in [0.717, 1.165) is 41.5 Å². The molecule has 39 heavy (non-hydrogen) atoms. The molecule has 0 radical (unpaired) electrons. The first-order valence-electron chi connectivity index (χ1n) is 12.0. The lowest BCUT2D eigenvalue weighted by atomic mass is 10.2. The van der Waals surface area contributed by atoms with Crippen LogP contribution in [0.5, 0.6) is 0 Å². The highest BCUT2D eigenvalue weighted by molar-refractivity contribution is 7.92. The first kappa shape index (κ1) is 29.0. The van der Waals surface area contributed by atoms with Crippen LogP contribution in [0.15, 0.2) is 71.6 Å². The van der Waals surface area contributed by atoms with Crippen LogP contribution < -0.4 is 14.9 Å². The van der Waals surface area contributed by atoms with Crippen LogP contribution in [-0.4, -0.2) is 63.5 Å². The van der Waals surface area contributed by atoms with E-state index in [0.29, 0.717) is 29.4 Å². The quantitative estimate of drug-likeness (QED) is 0.296. The van der Waals surface area contributed by atoms with Crippen molar-refractivity contribution >= 4 is 72.3 Å². The van der Waals surface area contributed by atoms with Crippen LogP contribution >= 0.6 is 35.3 Å². The van der Waals surface area contributed by atoms with Gasteiger partial charge in [0.1, 0.15) is 5.82 Å². The summed E-state index contributed by atoms with van der Waals surface area (Å²) in [7, 11) is -3.81. The average molecular weight is 611 g/mol. The number of carbonyl (C=O) groups is 1. The minimum absolute atomic E-state index is 0. The number of amides is 1. The molecule has 0 aliphatic carbocycles. The topological polar surface area (TPSA) is 94.6 Å². The standard InChI is InChI=1S/C26H25ClFN5O3S2.ClH/c27-19-4-7-22(8-5-19)38(35,36)31-21-3-1-2-18(16-21)25(34)29-10-11-32-12-14-33(15-13-32)26-30-23-9-6-20(28)17-24(23)37-26;/h1-9,16-17,31H,10-15H2,(H,29,34);1H. The van der Waals surface area contributed by atoms with Crippen LogP contribution in [0.4, 0.5) is 15.2 Å². The molecule has 4 aromatic rings. The third-order valence-electron chi connectivity index (χ3n) is 6.20. The van der Waals surface area contributed by atoms with Gasteiger partial charge in [0.15, 0.2) is 5.13 Å². The van der Waals surface area contributed by atoms with Crippen LogP contribution in [0.3, 0.4) is 0 Å². The second-order valence-electron chi connectivity index (χ2n) is 8.83. The number of fused-ring (bicyclic) bond motifs is 1. The fraction of sp³-hybridized carbons (Fsp3) is 0.231. The largest absolute Gasteiger partial charge is 0.351 e. The predicted molar refractivity (Wildman–Crippen MR) is 157 cm³/mol. The molecule has 2 heterocycles. The minimum Gasteiger partial charge on any atom is -0.351 e. The zero-order valence-corrected chi connectivity index (χ0v) is 23.8. The van der Waals surface area contributed by atoms with Gasteiger partial charge in [-0.15, -0.1) is 12.4 Å².